The van der Waals surface area contributed by atoms with E-state index in [-0.39, 0.29) is 5.91 Å². The number of carbonyl (C=O) groups is 2. The quantitative estimate of drug-likeness (QED) is 0.804. The molecule has 0 saturated carbocycles. The highest BCUT2D eigenvalue weighted by Crippen LogP contribution is 2.28. The molecule has 1 aromatic heterocycles. The number of carbonyl (C=O) groups excluding carboxylic acids is 2. The van der Waals surface area contributed by atoms with E-state index < -0.39 is 6.03 Å². The molecule has 0 aliphatic carbocycles. The first kappa shape index (κ1) is 11.5. The third-order valence-electron chi connectivity index (χ3n) is 3.11. The molecular formula is C13H12N4O2. The summed E-state index contributed by atoms with van der Waals surface area (Å²) in [5, 5.41) is 4.05. The standard InChI is InChI=1S/C13H12N4O2/c14-11-6-8-2-1-3-10(9(8)7-15-11)17-5-4-12(18)16-13(17)19/h1-3,6-7H,4-5H2,(H2,14,15)(H,16,18,19). The molecule has 2 heterocycles. The van der Waals surface area contributed by atoms with Crippen molar-refractivity contribution < 1.29 is 9.59 Å². The molecule has 3 rings (SSSR count). The van der Waals surface area contributed by atoms with Gasteiger partial charge in [-0.3, -0.25) is 15.0 Å². The highest BCUT2D eigenvalue weighted by molar-refractivity contribution is 6.09. The molecule has 0 bridgehead atoms. The van der Waals surface area contributed by atoms with E-state index in [2.05, 4.69) is 10.3 Å². The SMILES string of the molecule is Nc1cc2cccc(N3CCC(=O)NC3=O)c2cn1. The van der Waals surface area contributed by atoms with Crippen LogP contribution in [0.2, 0.25) is 0 Å². The van der Waals surface area contributed by atoms with Crippen molar-refractivity contribution >= 4 is 34.2 Å². The number of nitrogen functional groups attached to an aromatic ring is 1. The van der Waals surface area contributed by atoms with E-state index in [1.165, 1.54) is 0 Å². The number of fused-ring (bicyclic) bond motifs is 1. The summed E-state index contributed by atoms with van der Waals surface area (Å²) in [7, 11) is 0. The topological polar surface area (TPSA) is 88.3 Å². The van der Waals surface area contributed by atoms with Gasteiger partial charge in [-0.05, 0) is 17.5 Å². The van der Waals surface area contributed by atoms with E-state index in [4.69, 9.17) is 5.73 Å². The summed E-state index contributed by atoms with van der Waals surface area (Å²) in [6, 6.07) is 6.94. The Bertz CT molecular complexity index is 683. The van der Waals surface area contributed by atoms with Crippen LogP contribution in [0.1, 0.15) is 6.42 Å². The number of pyridine rings is 1. The molecule has 1 saturated heterocycles. The van der Waals surface area contributed by atoms with Crippen LogP contribution in [0.15, 0.2) is 30.5 Å². The number of aromatic nitrogens is 1. The Kier molecular flexibility index (Phi) is 2.56. The number of hydrogen-bond acceptors (Lipinski definition) is 4. The predicted molar refractivity (Wildman–Crippen MR) is 71.7 cm³/mol. The Morgan fingerprint density at radius 3 is 2.95 bits per heavy atom. The van der Waals surface area contributed by atoms with Crippen LogP contribution in [0.5, 0.6) is 0 Å². The minimum atomic E-state index is -0.402. The number of nitrogens with one attached hydrogen (secondary N) is 1. The minimum absolute atomic E-state index is 0.246. The first-order chi connectivity index (χ1) is 9.15. The molecule has 1 aliphatic rings. The summed E-state index contributed by atoms with van der Waals surface area (Å²) >= 11 is 0. The Labute approximate surface area is 109 Å². The third-order valence-corrected chi connectivity index (χ3v) is 3.11. The fourth-order valence-corrected chi connectivity index (χ4v) is 2.20. The zero-order chi connectivity index (χ0) is 13.4. The van der Waals surface area contributed by atoms with Gasteiger partial charge in [0.2, 0.25) is 5.91 Å². The average Bonchev–Trinajstić information content (AvgIpc) is 2.38. The molecule has 3 amide bonds. The van der Waals surface area contributed by atoms with Crippen LogP contribution in [0.3, 0.4) is 0 Å². The van der Waals surface area contributed by atoms with Crippen molar-refractivity contribution in [3.8, 4) is 0 Å². The maximum absolute atomic E-state index is 11.9. The largest absolute Gasteiger partial charge is 0.384 e. The van der Waals surface area contributed by atoms with E-state index in [1.807, 2.05) is 18.2 Å². The molecule has 6 nitrogen and oxygen atoms in total. The van der Waals surface area contributed by atoms with Gasteiger partial charge in [0.1, 0.15) is 5.82 Å². The van der Waals surface area contributed by atoms with Crippen molar-refractivity contribution in [1.82, 2.24) is 10.3 Å². The maximum Gasteiger partial charge on any atom is 0.328 e. The zero-order valence-electron chi connectivity index (χ0n) is 10.1. The average molecular weight is 256 g/mol. The molecular weight excluding hydrogens is 244 g/mol. The van der Waals surface area contributed by atoms with Gasteiger partial charge in [-0.2, -0.15) is 0 Å². The number of nitrogens with zero attached hydrogens (tertiary/aromatic N) is 2. The molecule has 96 valence electrons. The van der Waals surface area contributed by atoms with Gasteiger partial charge in [0.25, 0.3) is 0 Å². The van der Waals surface area contributed by atoms with Crippen LogP contribution in [0.4, 0.5) is 16.3 Å². The van der Waals surface area contributed by atoms with E-state index in [0.717, 1.165) is 16.5 Å². The summed E-state index contributed by atoms with van der Waals surface area (Å²) < 4.78 is 0. The molecule has 2 aromatic rings. The first-order valence-corrected chi connectivity index (χ1v) is 5.91. The first-order valence-electron chi connectivity index (χ1n) is 5.91. The second kappa shape index (κ2) is 4.24. The Hall–Kier alpha value is -2.63. The summed E-state index contributed by atoms with van der Waals surface area (Å²) in [4.78, 5) is 28.6. The summed E-state index contributed by atoms with van der Waals surface area (Å²) in [5.74, 6) is 0.187. The molecule has 1 fully saturated rings. The number of nitrogens with two attached hydrogens (primary N) is 1. The van der Waals surface area contributed by atoms with Gasteiger partial charge in [0.15, 0.2) is 0 Å². The van der Waals surface area contributed by atoms with Crippen molar-refractivity contribution in [2.75, 3.05) is 17.2 Å². The zero-order valence-corrected chi connectivity index (χ0v) is 10.1. The number of hydrogen-bond donors (Lipinski definition) is 2. The minimum Gasteiger partial charge on any atom is -0.384 e. The molecule has 19 heavy (non-hydrogen) atoms. The van der Waals surface area contributed by atoms with Crippen LogP contribution < -0.4 is 16.0 Å². The number of anilines is 2. The number of urea groups is 1. The van der Waals surface area contributed by atoms with Crippen molar-refractivity contribution in [1.29, 1.82) is 0 Å². The molecule has 0 radical (unpaired) electrons. The van der Waals surface area contributed by atoms with Crippen LogP contribution >= 0.6 is 0 Å². The fourth-order valence-electron chi connectivity index (χ4n) is 2.20. The van der Waals surface area contributed by atoms with Gasteiger partial charge >= 0.3 is 6.03 Å². The van der Waals surface area contributed by atoms with Gasteiger partial charge in [-0.1, -0.05) is 12.1 Å². The highest BCUT2D eigenvalue weighted by atomic mass is 16.2. The lowest BCUT2D eigenvalue weighted by atomic mass is 10.1. The number of imide groups is 1. The second-order valence-electron chi connectivity index (χ2n) is 4.36. The molecule has 1 aliphatic heterocycles. The normalized spacial score (nSPS) is 15.7. The molecule has 0 spiro atoms. The van der Waals surface area contributed by atoms with Gasteiger partial charge in [0.05, 0.1) is 5.69 Å². The molecule has 6 heteroatoms. The van der Waals surface area contributed by atoms with E-state index >= 15 is 0 Å². The molecule has 1 aromatic carbocycles. The lowest BCUT2D eigenvalue weighted by molar-refractivity contribution is -0.120. The smallest absolute Gasteiger partial charge is 0.328 e. The molecule has 0 atom stereocenters. The summed E-state index contributed by atoms with van der Waals surface area (Å²) in [6.45, 7) is 0.369. The van der Waals surface area contributed by atoms with Gasteiger partial charge in [-0.15, -0.1) is 0 Å². The Morgan fingerprint density at radius 1 is 1.32 bits per heavy atom. The number of benzene rings is 1. The molecule has 0 unspecified atom stereocenters. The Balaban J connectivity index is 2.10. The van der Waals surface area contributed by atoms with Crippen LogP contribution in [-0.2, 0) is 4.79 Å². The number of rotatable bonds is 1. The van der Waals surface area contributed by atoms with Gasteiger partial charge < -0.3 is 5.73 Å². The third kappa shape index (κ3) is 1.97. The summed E-state index contributed by atoms with van der Waals surface area (Å²) in [5.41, 5.74) is 6.38. The van der Waals surface area contributed by atoms with Crippen molar-refractivity contribution in [3.63, 3.8) is 0 Å². The predicted octanol–water partition coefficient (Wildman–Crippen LogP) is 1.26. The van der Waals surface area contributed by atoms with Crippen molar-refractivity contribution in [2.45, 2.75) is 6.42 Å². The van der Waals surface area contributed by atoms with Crippen LogP contribution in [-0.4, -0.2) is 23.5 Å². The van der Waals surface area contributed by atoms with E-state index in [0.29, 0.717) is 18.8 Å². The fraction of sp³-hybridized carbons (Fsp3) is 0.154. The maximum atomic E-state index is 11.9. The number of amides is 3. The lowest BCUT2D eigenvalue weighted by Crippen LogP contribution is -2.49. The lowest BCUT2D eigenvalue weighted by Gasteiger charge is -2.27. The molecule has 3 N–H and O–H groups in total. The van der Waals surface area contributed by atoms with Crippen molar-refractivity contribution in [2.24, 2.45) is 0 Å². The van der Waals surface area contributed by atoms with Gasteiger partial charge in [0, 0.05) is 24.5 Å². The Morgan fingerprint density at radius 2 is 2.16 bits per heavy atom. The van der Waals surface area contributed by atoms with E-state index in [1.54, 1.807) is 17.2 Å². The van der Waals surface area contributed by atoms with Crippen LogP contribution in [0.25, 0.3) is 10.8 Å². The highest BCUT2D eigenvalue weighted by Gasteiger charge is 2.25. The van der Waals surface area contributed by atoms with Crippen LogP contribution in [0, 0.1) is 0 Å². The summed E-state index contributed by atoms with van der Waals surface area (Å²) in [6.07, 6.45) is 1.94. The van der Waals surface area contributed by atoms with Crippen molar-refractivity contribution in [3.05, 3.63) is 30.5 Å². The van der Waals surface area contributed by atoms with E-state index in [9.17, 15) is 9.59 Å². The monoisotopic (exact) mass is 256 g/mol. The second-order valence-corrected chi connectivity index (χ2v) is 4.36. The van der Waals surface area contributed by atoms with Gasteiger partial charge in [-0.25, -0.2) is 9.78 Å².